The number of carbonyl (C=O) groups excluding carboxylic acids is 1. The maximum Gasteiger partial charge on any atom is 0.278 e. The summed E-state index contributed by atoms with van der Waals surface area (Å²) in [7, 11) is 0. The summed E-state index contributed by atoms with van der Waals surface area (Å²) in [5, 5.41) is 12.2. The molecule has 0 radical (unpaired) electrons. The van der Waals surface area contributed by atoms with Gasteiger partial charge in [-0.25, -0.2) is 14.3 Å². The van der Waals surface area contributed by atoms with E-state index < -0.39 is 5.91 Å². The number of carbonyl (C=O) groups is 1. The summed E-state index contributed by atoms with van der Waals surface area (Å²) in [5.41, 5.74) is 3.15. The first kappa shape index (κ1) is 21.9. The van der Waals surface area contributed by atoms with Crippen LogP contribution in [0.5, 0.6) is 5.75 Å². The molecule has 10 heteroatoms. The second-order valence-electron chi connectivity index (χ2n) is 7.20. The van der Waals surface area contributed by atoms with E-state index in [0.29, 0.717) is 16.6 Å². The second kappa shape index (κ2) is 9.42. The Morgan fingerprint density at radius 2 is 1.84 bits per heavy atom. The lowest BCUT2D eigenvalue weighted by molar-refractivity contribution is 0.101. The van der Waals surface area contributed by atoms with Crippen LogP contribution in [0.4, 0.5) is 5.95 Å². The Kier molecular flexibility index (Phi) is 6.43. The number of anilines is 1. The van der Waals surface area contributed by atoms with Crippen LogP contribution in [0.1, 0.15) is 27.2 Å². The number of benzene rings is 2. The number of hydrogen-bond acceptors (Lipinski definition) is 5. The number of aryl methyl sites for hydroxylation is 2. The lowest BCUT2D eigenvalue weighted by Gasteiger charge is -2.09. The van der Waals surface area contributed by atoms with Gasteiger partial charge in [-0.3, -0.25) is 10.1 Å². The number of amides is 1. The molecule has 1 amide bonds. The second-order valence-corrected chi connectivity index (χ2v) is 8.02. The van der Waals surface area contributed by atoms with E-state index in [-0.39, 0.29) is 18.4 Å². The predicted molar refractivity (Wildman–Crippen MR) is 122 cm³/mol. The lowest BCUT2D eigenvalue weighted by Crippen LogP contribution is -2.15. The Balaban J connectivity index is 1.36. The molecule has 2 aromatic carbocycles. The van der Waals surface area contributed by atoms with Crippen molar-refractivity contribution >= 4 is 35.1 Å². The van der Waals surface area contributed by atoms with Crippen LogP contribution < -0.4 is 10.1 Å². The molecule has 8 nitrogen and oxygen atoms in total. The Hall–Kier alpha value is -3.36. The van der Waals surface area contributed by atoms with Crippen molar-refractivity contribution < 1.29 is 9.53 Å². The van der Waals surface area contributed by atoms with Gasteiger partial charge in [-0.2, -0.15) is 5.10 Å². The maximum absolute atomic E-state index is 12.5. The molecule has 0 fully saturated rings. The van der Waals surface area contributed by atoms with E-state index in [1.165, 1.54) is 11.9 Å². The first-order valence-electron chi connectivity index (χ1n) is 9.76. The molecule has 4 rings (SSSR count). The van der Waals surface area contributed by atoms with E-state index >= 15 is 0 Å². The molecule has 164 valence electrons. The normalized spacial score (nSPS) is 10.9. The zero-order valence-corrected chi connectivity index (χ0v) is 18.9. The fourth-order valence-corrected chi connectivity index (χ4v) is 3.61. The molecule has 32 heavy (non-hydrogen) atoms. The van der Waals surface area contributed by atoms with Gasteiger partial charge in [0.15, 0.2) is 12.4 Å². The molecule has 2 heterocycles. The van der Waals surface area contributed by atoms with Crippen molar-refractivity contribution in [3.05, 3.63) is 87.4 Å². The zero-order valence-electron chi connectivity index (χ0n) is 17.4. The van der Waals surface area contributed by atoms with Crippen molar-refractivity contribution in [2.24, 2.45) is 0 Å². The van der Waals surface area contributed by atoms with Crippen LogP contribution in [-0.2, 0) is 13.3 Å². The molecule has 0 spiro atoms. The Morgan fingerprint density at radius 3 is 2.59 bits per heavy atom. The minimum atomic E-state index is -0.427. The smallest absolute Gasteiger partial charge is 0.278 e. The van der Waals surface area contributed by atoms with Gasteiger partial charge in [0, 0.05) is 21.8 Å². The van der Waals surface area contributed by atoms with Crippen molar-refractivity contribution in [3.63, 3.8) is 0 Å². The van der Waals surface area contributed by atoms with Crippen LogP contribution in [0, 0.1) is 13.8 Å². The van der Waals surface area contributed by atoms with Crippen molar-refractivity contribution in [3.8, 4) is 5.75 Å². The molecule has 0 saturated heterocycles. The Morgan fingerprint density at radius 1 is 1.06 bits per heavy atom. The highest BCUT2D eigenvalue weighted by molar-refractivity contribution is 6.35. The number of hydrogen-bond donors (Lipinski definition) is 1. The highest BCUT2D eigenvalue weighted by Gasteiger charge is 2.14. The minimum Gasteiger partial charge on any atom is -0.471 e. The molecule has 2 aromatic heterocycles. The van der Waals surface area contributed by atoms with E-state index in [1.54, 1.807) is 39.8 Å². The molecule has 0 aliphatic rings. The molecule has 0 saturated carbocycles. The van der Waals surface area contributed by atoms with Crippen LogP contribution in [0.2, 0.25) is 10.0 Å². The summed E-state index contributed by atoms with van der Waals surface area (Å²) < 4.78 is 8.87. The Bertz CT molecular complexity index is 1250. The molecule has 0 bridgehead atoms. The van der Waals surface area contributed by atoms with E-state index in [1.807, 2.05) is 32.0 Å². The molecule has 0 unspecified atom stereocenters. The van der Waals surface area contributed by atoms with Gasteiger partial charge in [-0.05, 0) is 43.7 Å². The SMILES string of the molecule is Cc1ccc(OCn2ccc(C(=O)Nc3ncn(Cc4c(Cl)cccc4Cl)n3)n2)c(C)c1. The highest BCUT2D eigenvalue weighted by Crippen LogP contribution is 2.25. The monoisotopic (exact) mass is 470 g/mol. The highest BCUT2D eigenvalue weighted by atomic mass is 35.5. The van der Waals surface area contributed by atoms with E-state index in [9.17, 15) is 4.79 Å². The summed E-state index contributed by atoms with van der Waals surface area (Å²) in [5.74, 6) is 0.494. The Labute approximate surface area is 194 Å². The largest absolute Gasteiger partial charge is 0.471 e. The topological polar surface area (TPSA) is 86.9 Å². The number of halogens is 2. The number of nitrogens with zero attached hydrogens (tertiary/aromatic N) is 5. The average molecular weight is 471 g/mol. The minimum absolute atomic E-state index is 0.152. The number of rotatable bonds is 7. The third-order valence-electron chi connectivity index (χ3n) is 4.70. The third kappa shape index (κ3) is 5.09. The van der Waals surface area contributed by atoms with Crippen molar-refractivity contribution in [1.82, 2.24) is 24.5 Å². The van der Waals surface area contributed by atoms with Gasteiger partial charge in [-0.15, -0.1) is 5.10 Å². The van der Waals surface area contributed by atoms with Crippen LogP contribution in [0.15, 0.2) is 55.0 Å². The van der Waals surface area contributed by atoms with Crippen molar-refractivity contribution in [2.45, 2.75) is 27.1 Å². The molecule has 1 N–H and O–H groups in total. The first-order chi connectivity index (χ1) is 15.4. The summed E-state index contributed by atoms with van der Waals surface area (Å²) in [4.78, 5) is 16.6. The third-order valence-corrected chi connectivity index (χ3v) is 5.41. The number of nitrogens with one attached hydrogen (secondary N) is 1. The summed E-state index contributed by atoms with van der Waals surface area (Å²) in [6.45, 7) is 4.52. The standard InChI is InChI=1S/C22H20Cl2N6O2/c1-14-6-7-20(15(2)10-14)32-13-29-9-8-19(27-29)21(31)26-22-25-12-30(28-22)11-16-17(23)4-3-5-18(16)24/h3-10,12H,11,13H2,1-2H3,(H,26,28,31). The van der Waals surface area contributed by atoms with Gasteiger partial charge in [0.1, 0.15) is 12.1 Å². The molecule has 0 aliphatic heterocycles. The van der Waals surface area contributed by atoms with Gasteiger partial charge < -0.3 is 4.74 Å². The average Bonchev–Trinajstić information content (AvgIpc) is 3.40. The van der Waals surface area contributed by atoms with Crippen molar-refractivity contribution in [1.29, 1.82) is 0 Å². The van der Waals surface area contributed by atoms with E-state index in [0.717, 1.165) is 16.9 Å². The van der Waals surface area contributed by atoms with Crippen LogP contribution in [0.3, 0.4) is 0 Å². The van der Waals surface area contributed by atoms with Gasteiger partial charge in [-0.1, -0.05) is 47.0 Å². The van der Waals surface area contributed by atoms with E-state index in [2.05, 4.69) is 20.5 Å². The van der Waals surface area contributed by atoms with Gasteiger partial charge in [0.2, 0.25) is 5.95 Å². The zero-order chi connectivity index (χ0) is 22.7. The van der Waals surface area contributed by atoms with Crippen LogP contribution in [-0.4, -0.2) is 30.5 Å². The summed E-state index contributed by atoms with van der Waals surface area (Å²) in [6.07, 6.45) is 3.16. The van der Waals surface area contributed by atoms with Crippen LogP contribution >= 0.6 is 23.2 Å². The number of ether oxygens (including phenoxy) is 1. The quantitative estimate of drug-likeness (QED) is 0.421. The number of aromatic nitrogens is 5. The summed E-state index contributed by atoms with van der Waals surface area (Å²) >= 11 is 12.4. The molecular weight excluding hydrogens is 451 g/mol. The maximum atomic E-state index is 12.5. The predicted octanol–water partition coefficient (Wildman–Crippen LogP) is 4.74. The molecule has 0 aliphatic carbocycles. The van der Waals surface area contributed by atoms with Gasteiger partial charge >= 0.3 is 0 Å². The summed E-state index contributed by atoms with van der Waals surface area (Å²) in [6, 6.07) is 12.8. The molecule has 0 atom stereocenters. The van der Waals surface area contributed by atoms with Gasteiger partial charge in [0.25, 0.3) is 5.91 Å². The fourth-order valence-electron chi connectivity index (χ4n) is 3.09. The molecule has 4 aromatic rings. The lowest BCUT2D eigenvalue weighted by atomic mass is 10.1. The van der Waals surface area contributed by atoms with Crippen LogP contribution in [0.25, 0.3) is 0 Å². The van der Waals surface area contributed by atoms with Gasteiger partial charge in [0.05, 0.1) is 6.54 Å². The first-order valence-corrected chi connectivity index (χ1v) is 10.5. The fraction of sp³-hybridized carbons (Fsp3) is 0.182. The van der Waals surface area contributed by atoms with Crippen molar-refractivity contribution in [2.75, 3.05) is 5.32 Å². The van der Waals surface area contributed by atoms with E-state index in [4.69, 9.17) is 27.9 Å². The molecular formula is C22H20Cl2N6O2.